The molecule has 25 heavy (non-hydrogen) atoms. The molecular formula is C19H21Cl2FN2O. The van der Waals surface area contributed by atoms with Crippen molar-refractivity contribution in [3.8, 4) is 11.1 Å². The van der Waals surface area contributed by atoms with Gasteiger partial charge in [-0.05, 0) is 61.3 Å². The summed E-state index contributed by atoms with van der Waals surface area (Å²) in [5.74, 6) is -0.754. The van der Waals surface area contributed by atoms with E-state index in [2.05, 4.69) is 5.32 Å². The molecule has 0 aromatic heterocycles. The monoisotopic (exact) mass is 382 g/mol. The van der Waals surface area contributed by atoms with Crippen LogP contribution >= 0.6 is 24.0 Å². The molecule has 1 heterocycles. The molecule has 0 bridgehead atoms. The molecule has 0 saturated carbocycles. The van der Waals surface area contributed by atoms with Crippen molar-refractivity contribution >= 4 is 29.9 Å². The maximum atomic E-state index is 14.5. The lowest BCUT2D eigenvalue weighted by Gasteiger charge is -2.31. The van der Waals surface area contributed by atoms with Gasteiger partial charge in [0, 0.05) is 18.1 Å². The Labute approximate surface area is 158 Å². The Morgan fingerprint density at radius 2 is 1.72 bits per heavy atom. The highest BCUT2D eigenvalue weighted by atomic mass is 35.5. The first kappa shape index (κ1) is 19.7. The summed E-state index contributed by atoms with van der Waals surface area (Å²) in [6, 6.07) is 12.1. The van der Waals surface area contributed by atoms with Crippen LogP contribution in [0.1, 0.15) is 23.2 Å². The molecule has 1 fully saturated rings. The van der Waals surface area contributed by atoms with E-state index in [4.69, 9.17) is 11.6 Å². The van der Waals surface area contributed by atoms with Gasteiger partial charge in [0.15, 0.2) is 0 Å². The molecular weight excluding hydrogens is 362 g/mol. The van der Waals surface area contributed by atoms with Crippen LogP contribution < -0.4 is 5.32 Å². The SMILES string of the molecule is CN(C(=O)c1ccc(-c2ccc(Cl)cc2)cc1F)C1CCNCC1.Cl. The summed E-state index contributed by atoms with van der Waals surface area (Å²) in [4.78, 5) is 14.3. The highest BCUT2D eigenvalue weighted by Crippen LogP contribution is 2.25. The molecule has 1 amide bonds. The minimum absolute atomic E-state index is 0. The first-order valence-electron chi connectivity index (χ1n) is 8.09. The highest BCUT2D eigenvalue weighted by Gasteiger charge is 2.24. The van der Waals surface area contributed by atoms with E-state index >= 15 is 0 Å². The Balaban J connectivity index is 0.00000225. The smallest absolute Gasteiger partial charge is 0.256 e. The lowest BCUT2D eigenvalue weighted by atomic mass is 10.0. The Morgan fingerprint density at radius 1 is 1.12 bits per heavy atom. The normalized spacial score (nSPS) is 14.7. The quantitative estimate of drug-likeness (QED) is 0.853. The third kappa shape index (κ3) is 4.51. The van der Waals surface area contributed by atoms with Crippen molar-refractivity contribution in [3.05, 3.63) is 58.9 Å². The van der Waals surface area contributed by atoms with Crippen LogP contribution in [0.5, 0.6) is 0 Å². The molecule has 1 aliphatic heterocycles. The van der Waals surface area contributed by atoms with Gasteiger partial charge < -0.3 is 10.2 Å². The van der Waals surface area contributed by atoms with Gasteiger partial charge in [0.05, 0.1) is 5.56 Å². The molecule has 2 aromatic rings. The number of halogens is 3. The minimum Gasteiger partial charge on any atom is -0.339 e. The van der Waals surface area contributed by atoms with Gasteiger partial charge in [-0.1, -0.05) is 29.8 Å². The second kappa shape index (κ2) is 8.65. The van der Waals surface area contributed by atoms with Crippen molar-refractivity contribution in [3.63, 3.8) is 0 Å². The zero-order valence-electron chi connectivity index (χ0n) is 14.0. The zero-order chi connectivity index (χ0) is 17.1. The fourth-order valence-electron chi connectivity index (χ4n) is 3.06. The molecule has 2 aromatic carbocycles. The number of hydrogen-bond donors (Lipinski definition) is 1. The molecule has 134 valence electrons. The van der Waals surface area contributed by atoms with Crippen molar-refractivity contribution in [2.75, 3.05) is 20.1 Å². The topological polar surface area (TPSA) is 32.3 Å². The van der Waals surface area contributed by atoms with E-state index in [1.165, 1.54) is 6.07 Å². The minimum atomic E-state index is -0.492. The third-order valence-electron chi connectivity index (χ3n) is 4.55. The Kier molecular flexibility index (Phi) is 6.82. The first-order chi connectivity index (χ1) is 11.6. The number of hydrogen-bond acceptors (Lipinski definition) is 2. The van der Waals surface area contributed by atoms with Crippen molar-refractivity contribution in [1.82, 2.24) is 10.2 Å². The van der Waals surface area contributed by atoms with Gasteiger partial charge >= 0.3 is 0 Å². The van der Waals surface area contributed by atoms with Gasteiger partial charge in [-0.25, -0.2) is 4.39 Å². The summed E-state index contributed by atoms with van der Waals surface area (Å²) >= 11 is 5.88. The lowest BCUT2D eigenvalue weighted by molar-refractivity contribution is 0.0698. The second-order valence-corrected chi connectivity index (χ2v) is 6.54. The summed E-state index contributed by atoms with van der Waals surface area (Å²) in [5.41, 5.74) is 1.71. The molecule has 0 unspecified atom stereocenters. The number of piperidine rings is 1. The van der Waals surface area contributed by atoms with E-state index in [1.807, 2.05) is 12.1 Å². The number of amides is 1. The summed E-state index contributed by atoms with van der Waals surface area (Å²) in [7, 11) is 1.75. The molecule has 1 saturated heterocycles. The summed E-state index contributed by atoms with van der Waals surface area (Å²) in [5, 5.41) is 3.90. The maximum Gasteiger partial charge on any atom is 0.256 e. The number of rotatable bonds is 3. The lowest BCUT2D eigenvalue weighted by Crippen LogP contribution is -2.44. The van der Waals surface area contributed by atoms with Crippen LogP contribution in [-0.2, 0) is 0 Å². The van der Waals surface area contributed by atoms with Gasteiger partial charge in [-0.3, -0.25) is 4.79 Å². The average Bonchev–Trinajstić information content (AvgIpc) is 2.62. The van der Waals surface area contributed by atoms with Crippen LogP contribution in [0, 0.1) is 5.82 Å². The fourth-order valence-corrected chi connectivity index (χ4v) is 3.19. The molecule has 0 radical (unpaired) electrons. The first-order valence-corrected chi connectivity index (χ1v) is 8.47. The van der Waals surface area contributed by atoms with Crippen molar-refractivity contribution < 1.29 is 9.18 Å². The van der Waals surface area contributed by atoms with Crippen LogP contribution in [0.25, 0.3) is 11.1 Å². The summed E-state index contributed by atoms with van der Waals surface area (Å²) in [6.45, 7) is 1.78. The average molecular weight is 383 g/mol. The molecule has 0 spiro atoms. The summed E-state index contributed by atoms with van der Waals surface area (Å²) < 4.78 is 14.5. The number of carbonyl (C=O) groups is 1. The molecule has 1 aliphatic rings. The molecule has 6 heteroatoms. The van der Waals surface area contributed by atoms with Crippen molar-refractivity contribution in [1.29, 1.82) is 0 Å². The number of carbonyl (C=O) groups excluding carboxylic acids is 1. The number of nitrogens with one attached hydrogen (secondary N) is 1. The van der Waals surface area contributed by atoms with E-state index in [-0.39, 0.29) is 29.9 Å². The van der Waals surface area contributed by atoms with E-state index in [0.717, 1.165) is 37.1 Å². The Morgan fingerprint density at radius 3 is 2.32 bits per heavy atom. The van der Waals surface area contributed by atoms with Crippen LogP contribution in [0.2, 0.25) is 5.02 Å². The molecule has 0 aliphatic carbocycles. The molecule has 1 N–H and O–H groups in total. The van der Waals surface area contributed by atoms with Gasteiger partial charge in [0.1, 0.15) is 5.82 Å². The Bertz CT molecular complexity index is 731. The van der Waals surface area contributed by atoms with E-state index < -0.39 is 5.82 Å². The molecule has 3 rings (SSSR count). The predicted molar refractivity (Wildman–Crippen MR) is 102 cm³/mol. The van der Waals surface area contributed by atoms with Crippen molar-refractivity contribution in [2.24, 2.45) is 0 Å². The fraction of sp³-hybridized carbons (Fsp3) is 0.316. The number of benzene rings is 2. The number of nitrogens with zero attached hydrogens (tertiary/aromatic N) is 1. The van der Waals surface area contributed by atoms with Crippen LogP contribution in [0.4, 0.5) is 4.39 Å². The van der Waals surface area contributed by atoms with Crippen LogP contribution in [0.3, 0.4) is 0 Å². The van der Waals surface area contributed by atoms with Crippen LogP contribution in [-0.4, -0.2) is 37.0 Å². The molecule has 3 nitrogen and oxygen atoms in total. The maximum absolute atomic E-state index is 14.5. The highest BCUT2D eigenvalue weighted by molar-refractivity contribution is 6.30. The van der Waals surface area contributed by atoms with E-state index in [1.54, 1.807) is 36.2 Å². The third-order valence-corrected chi connectivity index (χ3v) is 4.81. The van der Waals surface area contributed by atoms with Crippen LogP contribution in [0.15, 0.2) is 42.5 Å². The second-order valence-electron chi connectivity index (χ2n) is 6.10. The molecule has 0 atom stereocenters. The van der Waals surface area contributed by atoms with E-state index in [9.17, 15) is 9.18 Å². The van der Waals surface area contributed by atoms with Gasteiger partial charge in [0.2, 0.25) is 0 Å². The summed E-state index contributed by atoms with van der Waals surface area (Å²) in [6.07, 6.45) is 1.79. The standard InChI is InChI=1S/C19H20ClFN2O.ClH/c1-23(16-8-10-22-11-9-16)19(24)17-7-4-14(12-18(17)21)13-2-5-15(20)6-3-13;/h2-7,12,16,22H,8-11H2,1H3;1H. The Hall–Kier alpha value is -1.62. The largest absolute Gasteiger partial charge is 0.339 e. The van der Waals surface area contributed by atoms with Crippen molar-refractivity contribution in [2.45, 2.75) is 18.9 Å². The predicted octanol–water partition coefficient (Wildman–Crippen LogP) is 4.39. The van der Waals surface area contributed by atoms with Gasteiger partial charge in [0.25, 0.3) is 5.91 Å². The van der Waals surface area contributed by atoms with Gasteiger partial charge in [-0.15, -0.1) is 12.4 Å². The van der Waals surface area contributed by atoms with Gasteiger partial charge in [-0.2, -0.15) is 0 Å². The van der Waals surface area contributed by atoms with E-state index in [0.29, 0.717) is 5.02 Å². The zero-order valence-corrected chi connectivity index (χ0v) is 15.5.